The van der Waals surface area contributed by atoms with Crippen LogP contribution in [0, 0.1) is 0 Å². The fourth-order valence-electron chi connectivity index (χ4n) is 2.68. The summed E-state index contributed by atoms with van der Waals surface area (Å²) in [6.07, 6.45) is 2.98. The zero-order valence-corrected chi connectivity index (χ0v) is 12.5. The van der Waals surface area contributed by atoms with Gasteiger partial charge in [-0.25, -0.2) is 4.79 Å². The van der Waals surface area contributed by atoms with Gasteiger partial charge in [-0.15, -0.1) is 0 Å². The Balaban J connectivity index is 2.05. The number of methoxy groups -OCH3 is 2. The van der Waals surface area contributed by atoms with E-state index in [-0.39, 0.29) is 18.0 Å². The highest BCUT2D eigenvalue weighted by Crippen LogP contribution is 2.21. The van der Waals surface area contributed by atoms with E-state index >= 15 is 0 Å². The molecule has 0 aromatic heterocycles. The van der Waals surface area contributed by atoms with Gasteiger partial charge >= 0.3 is 11.9 Å². The molecular formula is C16H21NO4. The Labute approximate surface area is 124 Å². The van der Waals surface area contributed by atoms with E-state index in [9.17, 15) is 9.59 Å². The van der Waals surface area contributed by atoms with E-state index in [1.807, 2.05) is 12.1 Å². The minimum absolute atomic E-state index is 0.163. The molecule has 5 nitrogen and oxygen atoms in total. The highest BCUT2D eigenvalue weighted by atomic mass is 16.5. The van der Waals surface area contributed by atoms with Gasteiger partial charge in [0, 0.05) is 6.54 Å². The fraction of sp³-hybridized carbons (Fsp3) is 0.500. The third kappa shape index (κ3) is 3.82. The third-order valence-corrected chi connectivity index (χ3v) is 3.85. The first-order valence-electron chi connectivity index (χ1n) is 7.15. The molecule has 0 N–H and O–H groups in total. The van der Waals surface area contributed by atoms with Crippen LogP contribution in [0.2, 0.25) is 0 Å². The summed E-state index contributed by atoms with van der Waals surface area (Å²) < 4.78 is 9.56. The second-order valence-electron chi connectivity index (χ2n) is 5.19. The van der Waals surface area contributed by atoms with Crippen molar-refractivity contribution in [3.8, 4) is 0 Å². The summed E-state index contributed by atoms with van der Waals surface area (Å²) >= 11 is 0. The Morgan fingerprint density at radius 2 is 1.86 bits per heavy atom. The zero-order valence-electron chi connectivity index (χ0n) is 12.5. The SMILES string of the molecule is COC(=O)c1ccc(CN2CCCC[C@@H]2C(=O)OC)cc1. The van der Waals surface area contributed by atoms with Gasteiger partial charge in [0.25, 0.3) is 0 Å². The zero-order chi connectivity index (χ0) is 15.2. The summed E-state index contributed by atoms with van der Waals surface area (Å²) in [5.74, 6) is -0.507. The van der Waals surface area contributed by atoms with Crippen LogP contribution in [0.5, 0.6) is 0 Å². The number of carbonyl (C=O) groups excluding carboxylic acids is 2. The maximum atomic E-state index is 11.8. The Bertz CT molecular complexity index is 498. The van der Waals surface area contributed by atoms with Crippen molar-refractivity contribution in [2.75, 3.05) is 20.8 Å². The molecule has 1 aliphatic rings. The van der Waals surface area contributed by atoms with Crippen LogP contribution in [0.25, 0.3) is 0 Å². The topological polar surface area (TPSA) is 55.8 Å². The molecule has 1 aromatic rings. The number of hydrogen-bond donors (Lipinski definition) is 0. The lowest BCUT2D eigenvalue weighted by atomic mass is 10.0. The molecule has 5 heteroatoms. The molecule has 1 fully saturated rings. The molecule has 1 heterocycles. The smallest absolute Gasteiger partial charge is 0.337 e. The summed E-state index contributed by atoms with van der Waals surface area (Å²) in [5.41, 5.74) is 1.60. The van der Waals surface area contributed by atoms with Crippen LogP contribution in [0.1, 0.15) is 35.2 Å². The van der Waals surface area contributed by atoms with Gasteiger partial charge in [-0.3, -0.25) is 9.69 Å². The number of nitrogens with zero attached hydrogens (tertiary/aromatic N) is 1. The van der Waals surface area contributed by atoms with Crippen molar-refractivity contribution in [2.24, 2.45) is 0 Å². The summed E-state index contributed by atoms with van der Waals surface area (Å²) in [7, 11) is 2.80. The minimum atomic E-state index is -0.341. The molecular weight excluding hydrogens is 270 g/mol. The highest BCUT2D eigenvalue weighted by molar-refractivity contribution is 5.89. The van der Waals surface area contributed by atoms with Crippen LogP contribution in [-0.4, -0.2) is 43.6 Å². The molecule has 1 aromatic carbocycles. The van der Waals surface area contributed by atoms with E-state index < -0.39 is 0 Å². The highest BCUT2D eigenvalue weighted by Gasteiger charge is 2.29. The van der Waals surface area contributed by atoms with Crippen molar-refractivity contribution in [1.29, 1.82) is 0 Å². The normalized spacial score (nSPS) is 19.0. The number of carbonyl (C=O) groups is 2. The second-order valence-corrected chi connectivity index (χ2v) is 5.19. The Kier molecular flexibility index (Phi) is 5.33. The average Bonchev–Trinajstić information content (AvgIpc) is 2.54. The summed E-state index contributed by atoms with van der Waals surface area (Å²) in [4.78, 5) is 25.4. The lowest BCUT2D eigenvalue weighted by molar-refractivity contribution is -0.148. The van der Waals surface area contributed by atoms with Gasteiger partial charge in [0.05, 0.1) is 19.8 Å². The lowest BCUT2D eigenvalue weighted by Gasteiger charge is -2.33. The first kappa shape index (κ1) is 15.5. The fourth-order valence-corrected chi connectivity index (χ4v) is 2.68. The molecule has 0 spiro atoms. The van der Waals surface area contributed by atoms with Gasteiger partial charge < -0.3 is 9.47 Å². The van der Waals surface area contributed by atoms with Gasteiger partial charge in [0.1, 0.15) is 6.04 Å². The number of ether oxygens (including phenoxy) is 2. The summed E-state index contributed by atoms with van der Waals surface area (Å²) in [5, 5.41) is 0. The lowest BCUT2D eigenvalue weighted by Crippen LogP contribution is -2.44. The van der Waals surface area contributed by atoms with Crippen LogP contribution in [0.4, 0.5) is 0 Å². The van der Waals surface area contributed by atoms with Crippen molar-refractivity contribution in [3.05, 3.63) is 35.4 Å². The maximum Gasteiger partial charge on any atom is 0.337 e. The van der Waals surface area contributed by atoms with Crippen LogP contribution in [-0.2, 0) is 20.8 Å². The van der Waals surface area contributed by atoms with E-state index in [1.165, 1.54) is 14.2 Å². The Morgan fingerprint density at radius 3 is 2.48 bits per heavy atom. The Morgan fingerprint density at radius 1 is 1.14 bits per heavy atom. The predicted octanol–water partition coefficient (Wildman–Crippen LogP) is 2.00. The monoisotopic (exact) mass is 291 g/mol. The van der Waals surface area contributed by atoms with Gasteiger partial charge in [-0.1, -0.05) is 18.6 Å². The molecule has 0 aliphatic carbocycles. The molecule has 114 valence electrons. The molecule has 2 rings (SSSR count). The summed E-state index contributed by atoms with van der Waals surface area (Å²) in [6, 6.07) is 7.13. The van der Waals surface area contributed by atoms with E-state index in [0.717, 1.165) is 31.4 Å². The van der Waals surface area contributed by atoms with Crippen LogP contribution in [0.15, 0.2) is 24.3 Å². The van der Waals surface area contributed by atoms with Crippen LogP contribution >= 0.6 is 0 Å². The number of hydrogen-bond acceptors (Lipinski definition) is 5. The minimum Gasteiger partial charge on any atom is -0.468 e. The number of piperidine rings is 1. The standard InChI is InChI=1S/C16H21NO4/c1-20-15(18)13-8-6-12(7-9-13)11-17-10-4-3-5-14(17)16(19)21-2/h6-9,14H,3-5,10-11H2,1-2H3/t14-/m1/s1. The van der Waals surface area contributed by atoms with Crippen molar-refractivity contribution < 1.29 is 19.1 Å². The van der Waals surface area contributed by atoms with Crippen molar-refractivity contribution in [3.63, 3.8) is 0 Å². The molecule has 0 unspecified atom stereocenters. The van der Waals surface area contributed by atoms with Gasteiger partial charge in [0.15, 0.2) is 0 Å². The largest absolute Gasteiger partial charge is 0.468 e. The maximum absolute atomic E-state index is 11.8. The second kappa shape index (κ2) is 7.22. The molecule has 0 radical (unpaired) electrons. The van der Waals surface area contributed by atoms with Crippen LogP contribution in [0.3, 0.4) is 0 Å². The Hall–Kier alpha value is -1.88. The molecule has 0 bridgehead atoms. The number of esters is 2. The van der Waals surface area contributed by atoms with E-state index in [0.29, 0.717) is 12.1 Å². The molecule has 0 amide bonds. The van der Waals surface area contributed by atoms with Crippen molar-refractivity contribution in [1.82, 2.24) is 4.90 Å². The van der Waals surface area contributed by atoms with E-state index in [1.54, 1.807) is 12.1 Å². The number of likely N-dealkylation sites (tertiary alicyclic amines) is 1. The number of benzene rings is 1. The molecule has 21 heavy (non-hydrogen) atoms. The molecule has 1 atom stereocenters. The van der Waals surface area contributed by atoms with Crippen molar-refractivity contribution in [2.45, 2.75) is 31.8 Å². The van der Waals surface area contributed by atoms with Gasteiger partial charge in [-0.2, -0.15) is 0 Å². The third-order valence-electron chi connectivity index (χ3n) is 3.85. The van der Waals surface area contributed by atoms with Gasteiger partial charge in [-0.05, 0) is 37.1 Å². The van der Waals surface area contributed by atoms with Gasteiger partial charge in [0.2, 0.25) is 0 Å². The van der Waals surface area contributed by atoms with E-state index in [2.05, 4.69) is 9.64 Å². The summed E-state index contributed by atoms with van der Waals surface area (Å²) in [6.45, 7) is 1.57. The van der Waals surface area contributed by atoms with Crippen LogP contribution < -0.4 is 0 Å². The molecule has 0 saturated carbocycles. The predicted molar refractivity (Wildman–Crippen MR) is 77.8 cm³/mol. The number of rotatable bonds is 4. The van der Waals surface area contributed by atoms with E-state index in [4.69, 9.17) is 4.74 Å². The van der Waals surface area contributed by atoms with Crippen molar-refractivity contribution >= 4 is 11.9 Å². The molecule has 1 saturated heterocycles. The first-order chi connectivity index (χ1) is 10.2. The quantitative estimate of drug-likeness (QED) is 0.794. The average molecular weight is 291 g/mol. The molecule has 1 aliphatic heterocycles. The first-order valence-corrected chi connectivity index (χ1v) is 7.15.